The molecule has 0 bridgehead atoms. The molecule has 134 valence electrons. The van der Waals surface area contributed by atoms with Gasteiger partial charge >= 0.3 is 0 Å². The van der Waals surface area contributed by atoms with E-state index in [4.69, 9.17) is 0 Å². The van der Waals surface area contributed by atoms with E-state index in [9.17, 15) is 13.2 Å². The molecule has 0 N–H and O–H groups in total. The Balaban J connectivity index is 1.96. The van der Waals surface area contributed by atoms with E-state index in [1.165, 1.54) is 0 Å². The minimum atomic E-state index is -3.31. The van der Waals surface area contributed by atoms with Crippen LogP contribution in [-0.4, -0.2) is 31.0 Å². The van der Waals surface area contributed by atoms with Crippen molar-refractivity contribution in [3.8, 4) is 0 Å². The van der Waals surface area contributed by atoms with Crippen molar-refractivity contribution >= 4 is 15.7 Å². The van der Waals surface area contributed by atoms with Crippen LogP contribution in [0.2, 0.25) is 0 Å². The molecule has 0 radical (unpaired) electrons. The number of sulfone groups is 1. The van der Waals surface area contributed by atoms with E-state index in [-0.39, 0.29) is 29.9 Å². The Hall–Kier alpha value is -2.14. The van der Waals surface area contributed by atoms with Gasteiger partial charge in [0.15, 0.2) is 9.84 Å². The van der Waals surface area contributed by atoms with Crippen molar-refractivity contribution in [1.29, 1.82) is 0 Å². The summed E-state index contributed by atoms with van der Waals surface area (Å²) in [6.07, 6.45) is 0.0141. The van der Waals surface area contributed by atoms with E-state index in [0.29, 0.717) is 6.54 Å². The number of hydrogen-bond donors (Lipinski definition) is 0. The number of nitrogens with zero attached hydrogens (tertiary/aromatic N) is 1. The lowest BCUT2D eigenvalue weighted by Gasteiger charge is -2.27. The van der Waals surface area contributed by atoms with Gasteiger partial charge in [-0.2, -0.15) is 0 Å². The topological polar surface area (TPSA) is 54.5 Å². The molecular weight excluding hydrogens is 334 g/mol. The second-order valence-corrected chi connectivity index (χ2v) is 8.61. The minimum Gasteiger partial charge on any atom is -0.336 e. The van der Waals surface area contributed by atoms with E-state index in [1.807, 2.05) is 62.4 Å². The molecule has 2 aromatic rings. The normalized spacial score (nSPS) is 11.5. The summed E-state index contributed by atoms with van der Waals surface area (Å²) in [7, 11) is -3.31. The van der Waals surface area contributed by atoms with Crippen molar-refractivity contribution in [2.24, 2.45) is 0 Å². The van der Waals surface area contributed by atoms with Crippen molar-refractivity contribution in [1.82, 2.24) is 4.90 Å². The van der Waals surface area contributed by atoms with Gasteiger partial charge in [0.25, 0.3) is 0 Å². The largest absolute Gasteiger partial charge is 0.336 e. The van der Waals surface area contributed by atoms with Gasteiger partial charge in [0, 0.05) is 19.0 Å². The van der Waals surface area contributed by atoms with Gasteiger partial charge in [-0.3, -0.25) is 4.79 Å². The highest BCUT2D eigenvalue weighted by atomic mass is 32.2. The molecule has 5 heteroatoms. The molecule has 0 atom stereocenters. The molecule has 0 fully saturated rings. The third-order valence-electron chi connectivity index (χ3n) is 4.00. The van der Waals surface area contributed by atoms with Crippen molar-refractivity contribution in [3.63, 3.8) is 0 Å². The minimum absolute atomic E-state index is 0.0141. The van der Waals surface area contributed by atoms with Gasteiger partial charge < -0.3 is 4.90 Å². The fourth-order valence-corrected chi connectivity index (χ4v) is 3.96. The highest BCUT2D eigenvalue weighted by Gasteiger charge is 2.20. The van der Waals surface area contributed by atoms with Crippen molar-refractivity contribution in [3.05, 3.63) is 71.8 Å². The number of benzene rings is 2. The molecule has 0 heterocycles. The number of rotatable bonds is 8. The summed E-state index contributed by atoms with van der Waals surface area (Å²) < 4.78 is 24.6. The van der Waals surface area contributed by atoms with Gasteiger partial charge in [-0.1, -0.05) is 60.7 Å². The summed E-state index contributed by atoms with van der Waals surface area (Å²) in [6.45, 7) is 4.38. The van der Waals surface area contributed by atoms with Crippen LogP contribution in [0.1, 0.15) is 31.4 Å². The van der Waals surface area contributed by atoms with Crippen LogP contribution in [0.25, 0.3) is 0 Å². The first-order valence-corrected chi connectivity index (χ1v) is 10.3. The summed E-state index contributed by atoms with van der Waals surface area (Å²) in [4.78, 5) is 14.3. The Morgan fingerprint density at radius 1 is 0.920 bits per heavy atom. The maximum Gasteiger partial charge on any atom is 0.224 e. The Bertz CT molecular complexity index is 771. The number of amides is 1. The summed E-state index contributed by atoms with van der Waals surface area (Å²) in [5.41, 5.74) is 1.79. The Kier molecular flexibility index (Phi) is 6.76. The molecule has 25 heavy (non-hydrogen) atoms. The first kappa shape index (κ1) is 19.2. The maximum absolute atomic E-state index is 12.5. The van der Waals surface area contributed by atoms with Gasteiger partial charge in [0.05, 0.1) is 11.5 Å². The molecule has 0 aliphatic carbocycles. The zero-order valence-corrected chi connectivity index (χ0v) is 15.6. The van der Waals surface area contributed by atoms with Crippen molar-refractivity contribution in [2.75, 3.05) is 5.75 Å². The molecule has 4 nitrogen and oxygen atoms in total. The van der Waals surface area contributed by atoms with Gasteiger partial charge in [0.1, 0.15) is 0 Å². The lowest BCUT2D eigenvalue weighted by molar-refractivity contribution is -0.133. The predicted octanol–water partition coefficient (Wildman–Crippen LogP) is 3.43. The van der Waals surface area contributed by atoms with Crippen molar-refractivity contribution in [2.45, 2.75) is 38.6 Å². The number of hydrogen-bond acceptors (Lipinski definition) is 3. The molecule has 2 aromatic carbocycles. The Morgan fingerprint density at radius 2 is 1.44 bits per heavy atom. The quantitative estimate of drug-likeness (QED) is 0.726. The average Bonchev–Trinajstić information content (AvgIpc) is 2.59. The summed E-state index contributed by atoms with van der Waals surface area (Å²) >= 11 is 0. The van der Waals surface area contributed by atoms with Crippen LogP contribution in [0, 0.1) is 0 Å². The first-order chi connectivity index (χ1) is 11.9. The number of carbonyl (C=O) groups excluding carboxylic acids is 1. The monoisotopic (exact) mass is 359 g/mol. The summed E-state index contributed by atoms with van der Waals surface area (Å²) in [5, 5.41) is 0. The van der Waals surface area contributed by atoms with E-state index in [1.54, 1.807) is 17.0 Å². The summed E-state index contributed by atoms with van der Waals surface area (Å²) in [5.74, 6) is -0.282. The standard InChI is InChI=1S/C20H25NO3S/c1-17(2)21(15-18-9-5-3-6-10-18)20(22)13-14-25(23,24)16-19-11-7-4-8-12-19/h3-12,17H,13-16H2,1-2H3. The van der Waals surface area contributed by atoms with Crippen LogP contribution >= 0.6 is 0 Å². The van der Waals surface area contributed by atoms with Crippen LogP contribution in [0.3, 0.4) is 0 Å². The predicted molar refractivity (Wildman–Crippen MR) is 101 cm³/mol. The molecule has 0 saturated carbocycles. The van der Waals surface area contributed by atoms with Crippen molar-refractivity contribution < 1.29 is 13.2 Å². The van der Waals surface area contributed by atoms with Crippen LogP contribution < -0.4 is 0 Å². The smallest absolute Gasteiger partial charge is 0.224 e. The molecule has 0 spiro atoms. The molecule has 0 unspecified atom stereocenters. The molecule has 0 aliphatic heterocycles. The first-order valence-electron chi connectivity index (χ1n) is 8.45. The molecule has 0 aliphatic rings. The molecule has 2 rings (SSSR count). The van der Waals surface area contributed by atoms with Gasteiger partial charge in [0.2, 0.25) is 5.91 Å². The van der Waals surface area contributed by atoms with Crippen LogP contribution in [0.4, 0.5) is 0 Å². The Morgan fingerprint density at radius 3 is 1.96 bits per heavy atom. The third kappa shape index (κ3) is 6.35. The SMILES string of the molecule is CC(C)N(Cc1ccccc1)C(=O)CCS(=O)(=O)Cc1ccccc1. The molecule has 1 amide bonds. The van der Waals surface area contributed by atoms with Crippen LogP contribution in [0.5, 0.6) is 0 Å². The molecule has 0 saturated heterocycles. The average molecular weight is 359 g/mol. The second-order valence-electron chi connectivity index (χ2n) is 6.43. The lowest BCUT2D eigenvalue weighted by Crippen LogP contribution is -2.37. The van der Waals surface area contributed by atoms with Crippen LogP contribution in [-0.2, 0) is 26.9 Å². The highest BCUT2D eigenvalue weighted by molar-refractivity contribution is 7.90. The van der Waals surface area contributed by atoms with E-state index < -0.39 is 9.84 Å². The van der Waals surface area contributed by atoms with E-state index >= 15 is 0 Å². The second kappa shape index (κ2) is 8.81. The zero-order valence-electron chi connectivity index (χ0n) is 14.8. The fourth-order valence-electron chi connectivity index (χ4n) is 2.63. The third-order valence-corrected chi connectivity index (χ3v) is 5.60. The maximum atomic E-state index is 12.5. The number of carbonyl (C=O) groups is 1. The lowest BCUT2D eigenvalue weighted by atomic mass is 10.2. The van der Waals surface area contributed by atoms with Gasteiger partial charge in [-0.05, 0) is 25.0 Å². The molecule has 0 aromatic heterocycles. The van der Waals surface area contributed by atoms with Gasteiger partial charge in [-0.15, -0.1) is 0 Å². The van der Waals surface area contributed by atoms with Crippen LogP contribution in [0.15, 0.2) is 60.7 Å². The fraction of sp³-hybridized carbons (Fsp3) is 0.350. The molecular formula is C20H25NO3S. The zero-order chi connectivity index (χ0) is 18.3. The van der Waals surface area contributed by atoms with E-state index in [0.717, 1.165) is 11.1 Å². The van der Waals surface area contributed by atoms with Gasteiger partial charge in [-0.25, -0.2) is 8.42 Å². The highest BCUT2D eigenvalue weighted by Crippen LogP contribution is 2.12. The Labute approximate surface area is 150 Å². The summed E-state index contributed by atoms with van der Waals surface area (Å²) in [6, 6.07) is 18.8. The van der Waals surface area contributed by atoms with E-state index in [2.05, 4.69) is 0 Å².